The zero-order chi connectivity index (χ0) is 27.1. The van der Waals surface area contributed by atoms with Gasteiger partial charge < -0.3 is 15.4 Å². The van der Waals surface area contributed by atoms with Gasteiger partial charge in [0.2, 0.25) is 0 Å². The van der Waals surface area contributed by atoms with Gasteiger partial charge in [-0.15, -0.1) is 0 Å². The number of likely N-dealkylation sites (N-methyl/N-ethyl adjacent to an activating group) is 1. The third kappa shape index (κ3) is 6.49. The van der Waals surface area contributed by atoms with Gasteiger partial charge in [-0.1, -0.05) is 36.4 Å². The minimum Gasteiger partial charge on any atom is -0.457 e. The van der Waals surface area contributed by atoms with Crippen LogP contribution in [0.3, 0.4) is 0 Å². The molecule has 4 aromatic rings. The Labute approximate surface area is 221 Å². The predicted molar refractivity (Wildman–Crippen MR) is 145 cm³/mol. The topological polar surface area (TPSA) is 63.2 Å². The molecule has 0 saturated carbocycles. The zero-order valence-corrected chi connectivity index (χ0v) is 21.5. The first kappa shape index (κ1) is 26.7. The summed E-state index contributed by atoms with van der Waals surface area (Å²) in [6, 6.07) is 20.2. The van der Waals surface area contributed by atoms with Gasteiger partial charge in [0.25, 0.3) is 5.91 Å². The Morgan fingerprint density at radius 1 is 1.03 bits per heavy atom. The number of pyridine rings is 1. The van der Waals surface area contributed by atoms with Gasteiger partial charge in [-0.25, -0.2) is 8.78 Å². The molecular weight excluding hydrogens is 484 g/mol. The number of allylic oxidation sites excluding steroid dienone is 1. The molecule has 1 atom stereocenters. The summed E-state index contributed by atoms with van der Waals surface area (Å²) in [6.45, 7) is 3.77. The molecule has 7 heteroatoms. The monoisotopic (exact) mass is 513 g/mol. The van der Waals surface area contributed by atoms with Crippen molar-refractivity contribution < 1.29 is 18.3 Å². The lowest BCUT2D eigenvalue weighted by molar-refractivity contribution is 0.0949. The highest BCUT2D eigenvalue weighted by atomic mass is 19.1. The number of benzene rings is 3. The van der Waals surface area contributed by atoms with Crippen LogP contribution in [0.4, 0.5) is 8.78 Å². The summed E-state index contributed by atoms with van der Waals surface area (Å²) in [4.78, 5) is 17.4. The maximum atomic E-state index is 13.5. The van der Waals surface area contributed by atoms with Crippen LogP contribution in [0.15, 0.2) is 91.1 Å². The number of amides is 1. The summed E-state index contributed by atoms with van der Waals surface area (Å²) in [5.74, 6) is -0.656. The van der Waals surface area contributed by atoms with Crippen molar-refractivity contribution >= 4 is 5.91 Å². The number of halogens is 2. The van der Waals surface area contributed by atoms with Gasteiger partial charge >= 0.3 is 0 Å². The van der Waals surface area contributed by atoms with E-state index >= 15 is 0 Å². The first-order chi connectivity index (χ1) is 18.4. The van der Waals surface area contributed by atoms with E-state index in [0.717, 1.165) is 22.9 Å². The Morgan fingerprint density at radius 3 is 2.53 bits per heavy atom. The average Bonchev–Trinajstić information content (AvgIpc) is 2.91. The zero-order valence-electron chi connectivity index (χ0n) is 21.5. The summed E-state index contributed by atoms with van der Waals surface area (Å²) >= 11 is 0. The minimum absolute atomic E-state index is 0.00667. The molecule has 1 unspecified atom stereocenters. The van der Waals surface area contributed by atoms with Gasteiger partial charge in [0.05, 0.1) is 11.7 Å². The van der Waals surface area contributed by atoms with Crippen LogP contribution in [0.5, 0.6) is 11.5 Å². The van der Waals surface area contributed by atoms with Crippen LogP contribution < -0.4 is 15.4 Å². The number of rotatable bonds is 9. The van der Waals surface area contributed by atoms with Crippen molar-refractivity contribution in [2.75, 3.05) is 7.05 Å². The Balaban J connectivity index is 1.52. The Hall–Kier alpha value is -4.36. The molecule has 2 N–H and O–H groups in total. The van der Waals surface area contributed by atoms with Crippen LogP contribution >= 0.6 is 0 Å². The van der Waals surface area contributed by atoms with Crippen molar-refractivity contribution in [3.05, 3.63) is 125 Å². The lowest BCUT2D eigenvalue weighted by atomic mass is 10.0. The number of hydrogen-bond donors (Lipinski definition) is 2. The number of nitrogens with zero attached hydrogens (tertiary/aromatic N) is 1. The van der Waals surface area contributed by atoms with E-state index in [2.05, 4.69) is 33.8 Å². The molecule has 0 aliphatic heterocycles. The fourth-order valence-corrected chi connectivity index (χ4v) is 4.18. The molecule has 0 aliphatic carbocycles. The normalized spacial score (nSPS) is 11.9. The summed E-state index contributed by atoms with van der Waals surface area (Å²) < 4.78 is 33.1. The molecule has 0 radical (unpaired) electrons. The van der Waals surface area contributed by atoms with Crippen LogP contribution in [0.1, 0.15) is 40.0 Å². The van der Waals surface area contributed by atoms with E-state index in [1.165, 1.54) is 12.1 Å². The first-order valence-electron chi connectivity index (χ1n) is 12.2. The molecule has 1 amide bonds. The Bertz CT molecular complexity index is 1450. The Kier molecular flexibility index (Phi) is 8.61. The second-order valence-electron chi connectivity index (χ2n) is 8.79. The second kappa shape index (κ2) is 12.3. The molecule has 1 aromatic heterocycles. The molecular formula is C31H29F2N3O2. The van der Waals surface area contributed by atoms with Crippen molar-refractivity contribution in [3.8, 4) is 22.8 Å². The molecule has 5 nitrogen and oxygen atoms in total. The number of ether oxygens (including phenoxy) is 1. The van der Waals surface area contributed by atoms with Gasteiger partial charge in [0.1, 0.15) is 23.1 Å². The minimum atomic E-state index is -0.691. The standard InChI is InChI=1S/C31H29F2N3O2/c1-4-7-28(34-3)22-8-5-9-23(16-22)29-18-26(12-13-35-29)38-30-11-6-10-27(20(30)2)31(37)36-19-21-14-24(32)17-25(33)15-21/h4-18,28,34H,19H2,1-3H3,(H,36,37)/b7-4-. The van der Waals surface area contributed by atoms with Crippen LogP contribution in [0, 0.1) is 18.6 Å². The first-order valence-corrected chi connectivity index (χ1v) is 12.2. The number of carbonyl (C=O) groups is 1. The summed E-state index contributed by atoms with van der Waals surface area (Å²) in [5, 5.41) is 6.00. The number of nitrogens with one attached hydrogen (secondary N) is 2. The van der Waals surface area contributed by atoms with Crippen molar-refractivity contribution in [1.82, 2.24) is 15.6 Å². The molecule has 3 aromatic carbocycles. The van der Waals surface area contributed by atoms with Crippen LogP contribution in [-0.2, 0) is 6.54 Å². The van der Waals surface area contributed by atoms with Gasteiger partial charge in [-0.3, -0.25) is 9.78 Å². The fraction of sp³-hybridized carbons (Fsp3) is 0.161. The van der Waals surface area contributed by atoms with Gasteiger partial charge in [-0.2, -0.15) is 0 Å². The number of carbonyl (C=O) groups excluding carboxylic acids is 1. The molecule has 38 heavy (non-hydrogen) atoms. The van der Waals surface area contributed by atoms with Crippen molar-refractivity contribution in [2.45, 2.75) is 26.4 Å². The predicted octanol–water partition coefficient (Wildman–Crippen LogP) is 6.89. The highest BCUT2D eigenvalue weighted by molar-refractivity contribution is 5.96. The second-order valence-corrected chi connectivity index (χ2v) is 8.79. The van der Waals surface area contributed by atoms with E-state index in [0.29, 0.717) is 28.2 Å². The smallest absolute Gasteiger partial charge is 0.251 e. The van der Waals surface area contributed by atoms with E-state index in [1.54, 1.807) is 37.4 Å². The SMILES string of the molecule is C/C=C\C(NC)c1cccc(-c2cc(Oc3cccc(C(=O)NCc4cc(F)cc(F)c4)c3C)ccn2)c1. The largest absolute Gasteiger partial charge is 0.457 e. The summed E-state index contributed by atoms with van der Waals surface area (Å²) in [6.07, 6.45) is 5.79. The molecule has 4 rings (SSSR count). The molecule has 0 aliphatic rings. The lowest BCUT2D eigenvalue weighted by Gasteiger charge is -2.15. The van der Waals surface area contributed by atoms with E-state index < -0.39 is 11.6 Å². The average molecular weight is 514 g/mol. The summed E-state index contributed by atoms with van der Waals surface area (Å²) in [5.41, 5.74) is 4.21. The van der Waals surface area contributed by atoms with E-state index in [9.17, 15) is 13.6 Å². The maximum Gasteiger partial charge on any atom is 0.251 e. The van der Waals surface area contributed by atoms with Crippen LogP contribution in [0.25, 0.3) is 11.3 Å². The highest BCUT2D eigenvalue weighted by Gasteiger charge is 2.14. The molecule has 0 spiro atoms. The van der Waals surface area contributed by atoms with E-state index in [1.807, 2.05) is 38.2 Å². The maximum absolute atomic E-state index is 13.5. The lowest BCUT2D eigenvalue weighted by Crippen LogP contribution is -2.23. The molecule has 1 heterocycles. The van der Waals surface area contributed by atoms with Crippen molar-refractivity contribution in [3.63, 3.8) is 0 Å². The molecule has 0 saturated heterocycles. The Morgan fingerprint density at radius 2 is 1.79 bits per heavy atom. The third-order valence-electron chi connectivity index (χ3n) is 6.10. The number of hydrogen-bond acceptors (Lipinski definition) is 4. The fourth-order valence-electron chi connectivity index (χ4n) is 4.18. The molecule has 0 bridgehead atoms. The molecule has 194 valence electrons. The van der Waals surface area contributed by atoms with Crippen LogP contribution in [-0.4, -0.2) is 17.9 Å². The van der Waals surface area contributed by atoms with E-state index in [4.69, 9.17) is 4.74 Å². The summed E-state index contributed by atoms with van der Waals surface area (Å²) in [7, 11) is 1.92. The van der Waals surface area contributed by atoms with Gasteiger partial charge in [0, 0.05) is 41.6 Å². The van der Waals surface area contributed by atoms with Gasteiger partial charge in [-0.05, 0) is 68.4 Å². The number of aromatic nitrogens is 1. The van der Waals surface area contributed by atoms with Crippen molar-refractivity contribution in [2.24, 2.45) is 0 Å². The van der Waals surface area contributed by atoms with Gasteiger partial charge in [0.15, 0.2) is 0 Å². The highest BCUT2D eigenvalue weighted by Crippen LogP contribution is 2.30. The van der Waals surface area contributed by atoms with Crippen LogP contribution in [0.2, 0.25) is 0 Å². The quantitative estimate of drug-likeness (QED) is 0.239. The van der Waals surface area contributed by atoms with Crippen molar-refractivity contribution in [1.29, 1.82) is 0 Å². The van der Waals surface area contributed by atoms with E-state index in [-0.39, 0.29) is 18.5 Å². The molecule has 0 fully saturated rings. The third-order valence-corrected chi connectivity index (χ3v) is 6.10.